The molecule has 2 heterocycles. The lowest BCUT2D eigenvalue weighted by Crippen LogP contribution is -2.36. The second-order valence-electron chi connectivity index (χ2n) is 4.27. The molecular formula is C13H12N4O4. The lowest BCUT2D eigenvalue weighted by atomic mass is 10.2. The molecule has 8 nitrogen and oxygen atoms in total. The van der Waals surface area contributed by atoms with Crippen molar-refractivity contribution in [1.29, 1.82) is 0 Å². The first kappa shape index (κ1) is 13.0. The SMILES string of the molecule is Nc1nccc(Oc2ccc3c(c2)OCCN3C(=O)O)n1. The first-order valence-electron chi connectivity index (χ1n) is 6.17. The summed E-state index contributed by atoms with van der Waals surface area (Å²) in [5.74, 6) is 1.33. The van der Waals surface area contributed by atoms with Gasteiger partial charge in [-0.05, 0) is 12.1 Å². The van der Waals surface area contributed by atoms with Crippen LogP contribution in [0, 0.1) is 0 Å². The number of hydrogen-bond donors (Lipinski definition) is 2. The van der Waals surface area contributed by atoms with Gasteiger partial charge in [0, 0.05) is 18.3 Å². The van der Waals surface area contributed by atoms with E-state index in [2.05, 4.69) is 9.97 Å². The van der Waals surface area contributed by atoms with Crippen LogP contribution in [0.4, 0.5) is 16.4 Å². The largest absolute Gasteiger partial charge is 0.489 e. The summed E-state index contributed by atoms with van der Waals surface area (Å²) in [4.78, 5) is 20.1. The number of aromatic nitrogens is 2. The van der Waals surface area contributed by atoms with Gasteiger partial charge in [-0.2, -0.15) is 4.98 Å². The number of fused-ring (bicyclic) bond motifs is 1. The van der Waals surface area contributed by atoms with Gasteiger partial charge in [-0.1, -0.05) is 0 Å². The lowest BCUT2D eigenvalue weighted by molar-refractivity contribution is 0.196. The summed E-state index contributed by atoms with van der Waals surface area (Å²) in [6.07, 6.45) is 0.468. The average molecular weight is 288 g/mol. The first-order valence-corrected chi connectivity index (χ1v) is 6.17. The Morgan fingerprint density at radius 2 is 2.29 bits per heavy atom. The number of ether oxygens (including phenoxy) is 2. The van der Waals surface area contributed by atoms with Crippen LogP contribution in [0.25, 0.3) is 0 Å². The quantitative estimate of drug-likeness (QED) is 0.865. The van der Waals surface area contributed by atoms with Crippen LogP contribution in [0.15, 0.2) is 30.5 Å². The summed E-state index contributed by atoms with van der Waals surface area (Å²) in [6, 6.07) is 6.45. The van der Waals surface area contributed by atoms with E-state index in [1.807, 2.05) is 0 Å². The molecule has 0 unspecified atom stereocenters. The summed E-state index contributed by atoms with van der Waals surface area (Å²) in [5, 5.41) is 9.13. The molecule has 0 atom stereocenters. The molecule has 0 bridgehead atoms. The smallest absolute Gasteiger partial charge is 0.412 e. The molecular weight excluding hydrogens is 276 g/mol. The third kappa shape index (κ3) is 2.64. The molecule has 1 aromatic carbocycles. The molecule has 0 fully saturated rings. The number of nitrogens with zero attached hydrogens (tertiary/aromatic N) is 3. The monoisotopic (exact) mass is 288 g/mol. The standard InChI is InChI=1S/C13H12N4O4/c14-12-15-4-3-11(16-12)21-8-1-2-9-10(7-8)20-6-5-17(9)13(18)19/h1-4,7H,5-6H2,(H,18,19)(H2,14,15,16). The van der Waals surface area contributed by atoms with Crippen molar-refractivity contribution in [2.45, 2.75) is 0 Å². The van der Waals surface area contributed by atoms with Crippen LogP contribution in [0.3, 0.4) is 0 Å². The summed E-state index contributed by atoms with van der Waals surface area (Å²) in [5.41, 5.74) is 5.96. The van der Waals surface area contributed by atoms with Crippen LogP contribution in [0.5, 0.6) is 17.4 Å². The average Bonchev–Trinajstić information content (AvgIpc) is 2.46. The normalized spacial score (nSPS) is 13.2. The topological polar surface area (TPSA) is 111 Å². The van der Waals surface area contributed by atoms with Gasteiger partial charge in [0.05, 0.1) is 12.2 Å². The van der Waals surface area contributed by atoms with Crippen LogP contribution in [0.2, 0.25) is 0 Å². The van der Waals surface area contributed by atoms with Crippen LogP contribution < -0.4 is 20.1 Å². The molecule has 1 aliphatic rings. The predicted molar refractivity (Wildman–Crippen MR) is 73.8 cm³/mol. The van der Waals surface area contributed by atoms with Gasteiger partial charge in [-0.3, -0.25) is 4.90 Å². The summed E-state index contributed by atoms with van der Waals surface area (Å²) < 4.78 is 11.0. The maximum absolute atomic E-state index is 11.1. The molecule has 2 aromatic rings. The molecule has 1 aromatic heterocycles. The Balaban J connectivity index is 1.87. The van der Waals surface area contributed by atoms with E-state index in [0.29, 0.717) is 36.2 Å². The predicted octanol–water partition coefficient (Wildman–Crippen LogP) is 1.73. The van der Waals surface area contributed by atoms with Crippen molar-refractivity contribution >= 4 is 17.7 Å². The highest BCUT2D eigenvalue weighted by Gasteiger charge is 2.23. The molecule has 0 saturated carbocycles. The van der Waals surface area contributed by atoms with Gasteiger partial charge in [-0.25, -0.2) is 9.78 Å². The number of nitrogens with two attached hydrogens (primary N) is 1. The number of hydrogen-bond acceptors (Lipinski definition) is 6. The number of anilines is 2. The summed E-state index contributed by atoms with van der Waals surface area (Å²) in [6.45, 7) is 0.591. The fraction of sp³-hybridized carbons (Fsp3) is 0.154. The van der Waals surface area contributed by atoms with E-state index in [0.717, 1.165) is 0 Å². The molecule has 3 rings (SSSR count). The highest BCUT2D eigenvalue weighted by Crippen LogP contribution is 2.36. The number of carbonyl (C=O) groups is 1. The second kappa shape index (κ2) is 5.16. The van der Waals surface area contributed by atoms with Crippen LogP contribution >= 0.6 is 0 Å². The zero-order valence-electron chi connectivity index (χ0n) is 10.9. The zero-order valence-corrected chi connectivity index (χ0v) is 10.9. The molecule has 21 heavy (non-hydrogen) atoms. The third-order valence-corrected chi connectivity index (χ3v) is 2.90. The fourth-order valence-electron chi connectivity index (χ4n) is 2.00. The van der Waals surface area contributed by atoms with Gasteiger partial charge in [0.2, 0.25) is 11.8 Å². The Kier molecular flexibility index (Phi) is 3.19. The second-order valence-corrected chi connectivity index (χ2v) is 4.27. The van der Waals surface area contributed by atoms with Crippen molar-refractivity contribution in [3.63, 3.8) is 0 Å². The molecule has 1 amide bonds. The Labute approximate surface area is 119 Å². The minimum atomic E-state index is -1.02. The molecule has 0 saturated heterocycles. The van der Waals surface area contributed by atoms with E-state index in [9.17, 15) is 4.79 Å². The van der Waals surface area contributed by atoms with Crippen molar-refractivity contribution in [3.05, 3.63) is 30.5 Å². The van der Waals surface area contributed by atoms with Crippen molar-refractivity contribution < 1.29 is 19.4 Å². The van der Waals surface area contributed by atoms with Crippen molar-refractivity contribution in [2.24, 2.45) is 0 Å². The molecule has 0 aliphatic carbocycles. The minimum Gasteiger partial charge on any atom is -0.489 e. The first-order chi connectivity index (χ1) is 10.1. The van der Waals surface area contributed by atoms with Gasteiger partial charge < -0.3 is 20.3 Å². The fourth-order valence-corrected chi connectivity index (χ4v) is 2.00. The molecule has 1 aliphatic heterocycles. The van der Waals surface area contributed by atoms with Gasteiger partial charge in [-0.15, -0.1) is 0 Å². The number of amides is 1. The molecule has 0 spiro atoms. The van der Waals surface area contributed by atoms with E-state index < -0.39 is 6.09 Å². The number of carboxylic acid groups (broad SMARTS) is 1. The molecule has 108 valence electrons. The molecule has 3 N–H and O–H groups in total. The Morgan fingerprint density at radius 1 is 1.43 bits per heavy atom. The molecule has 0 radical (unpaired) electrons. The van der Waals surface area contributed by atoms with E-state index in [1.54, 1.807) is 24.3 Å². The maximum Gasteiger partial charge on any atom is 0.412 e. The Morgan fingerprint density at radius 3 is 3.05 bits per heavy atom. The van der Waals surface area contributed by atoms with Crippen molar-refractivity contribution in [1.82, 2.24) is 9.97 Å². The van der Waals surface area contributed by atoms with E-state index >= 15 is 0 Å². The summed E-state index contributed by atoms with van der Waals surface area (Å²) in [7, 11) is 0. The number of nitrogen functional groups attached to an aromatic ring is 1. The van der Waals surface area contributed by atoms with E-state index in [4.69, 9.17) is 20.3 Å². The Bertz CT molecular complexity index is 692. The number of benzene rings is 1. The highest BCUT2D eigenvalue weighted by molar-refractivity contribution is 5.89. The third-order valence-electron chi connectivity index (χ3n) is 2.90. The van der Waals surface area contributed by atoms with E-state index in [-0.39, 0.29) is 5.95 Å². The summed E-state index contributed by atoms with van der Waals surface area (Å²) >= 11 is 0. The molecule has 8 heteroatoms. The van der Waals surface area contributed by atoms with Crippen molar-refractivity contribution in [2.75, 3.05) is 23.8 Å². The van der Waals surface area contributed by atoms with Crippen LogP contribution in [0.1, 0.15) is 0 Å². The van der Waals surface area contributed by atoms with Gasteiger partial charge >= 0.3 is 6.09 Å². The van der Waals surface area contributed by atoms with Gasteiger partial charge in [0.15, 0.2) is 0 Å². The highest BCUT2D eigenvalue weighted by atomic mass is 16.5. The Hall–Kier alpha value is -3.03. The maximum atomic E-state index is 11.1. The minimum absolute atomic E-state index is 0.110. The van der Waals surface area contributed by atoms with Gasteiger partial charge in [0.1, 0.15) is 18.1 Å². The number of rotatable bonds is 2. The van der Waals surface area contributed by atoms with Crippen LogP contribution in [-0.4, -0.2) is 34.3 Å². The van der Waals surface area contributed by atoms with Crippen molar-refractivity contribution in [3.8, 4) is 17.4 Å². The van der Waals surface area contributed by atoms with Gasteiger partial charge in [0.25, 0.3) is 0 Å². The van der Waals surface area contributed by atoms with Crippen LogP contribution in [-0.2, 0) is 0 Å². The lowest BCUT2D eigenvalue weighted by Gasteiger charge is -2.27. The van der Waals surface area contributed by atoms with E-state index in [1.165, 1.54) is 11.1 Å². The zero-order chi connectivity index (χ0) is 14.8.